The molecule has 0 aromatic heterocycles. The number of unbranched alkanes of at least 4 members (excludes halogenated alkanes) is 1. The fourth-order valence-electron chi connectivity index (χ4n) is 5.80. The van der Waals surface area contributed by atoms with Gasteiger partial charge in [-0.1, -0.05) is 65.7 Å². The van der Waals surface area contributed by atoms with Gasteiger partial charge in [-0.05, 0) is 32.1 Å². The standard InChI is InChI=1S/C28H47N5O5/c1-4-5-13-22(23(34)24(35)29-21-11-7-8-12-21)30-26(37)28(14-9-6-10-15-28)31-27(38)33-18-16-32(17-19-33)25(36)20(2)3/h20-22H,4-19H2,1-3H3,(H,29,35)(H,30,37)(H,31,38). The number of nitrogens with one attached hydrogen (secondary N) is 3. The van der Waals surface area contributed by atoms with Crippen molar-refractivity contribution in [1.29, 1.82) is 0 Å². The first-order valence-electron chi connectivity index (χ1n) is 14.7. The van der Waals surface area contributed by atoms with Crippen molar-refractivity contribution in [2.24, 2.45) is 5.92 Å². The average Bonchev–Trinajstić information content (AvgIpc) is 3.43. The minimum atomic E-state index is -1.12. The summed E-state index contributed by atoms with van der Waals surface area (Å²) in [6.45, 7) is 7.47. The lowest BCUT2D eigenvalue weighted by atomic mass is 9.80. The van der Waals surface area contributed by atoms with Crippen molar-refractivity contribution in [2.75, 3.05) is 26.2 Å². The van der Waals surface area contributed by atoms with E-state index in [2.05, 4.69) is 16.0 Å². The quantitative estimate of drug-likeness (QED) is 0.372. The highest BCUT2D eigenvalue weighted by Gasteiger charge is 2.44. The van der Waals surface area contributed by atoms with Crippen molar-refractivity contribution in [2.45, 2.75) is 115 Å². The maximum Gasteiger partial charge on any atom is 0.318 e. The Morgan fingerprint density at radius 2 is 1.47 bits per heavy atom. The molecule has 3 fully saturated rings. The molecule has 5 amide bonds. The highest BCUT2D eigenvalue weighted by Crippen LogP contribution is 2.29. The Morgan fingerprint density at radius 3 is 2.05 bits per heavy atom. The minimum absolute atomic E-state index is 0.0225. The number of hydrogen-bond acceptors (Lipinski definition) is 5. The highest BCUT2D eigenvalue weighted by molar-refractivity contribution is 6.38. The summed E-state index contributed by atoms with van der Waals surface area (Å²) < 4.78 is 0. The van der Waals surface area contributed by atoms with Crippen LogP contribution in [0.5, 0.6) is 0 Å². The van der Waals surface area contributed by atoms with E-state index in [1.54, 1.807) is 9.80 Å². The summed E-state index contributed by atoms with van der Waals surface area (Å²) in [5.74, 6) is -1.64. The van der Waals surface area contributed by atoms with Gasteiger partial charge < -0.3 is 25.8 Å². The maximum absolute atomic E-state index is 13.7. The molecule has 10 nitrogen and oxygen atoms in total. The monoisotopic (exact) mass is 533 g/mol. The Balaban J connectivity index is 1.66. The van der Waals surface area contributed by atoms with Gasteiger partial charge in [-0.15, -0.1) is 0 Å². The average molecular weight is 534 g/mol. The summed E-state index contributed by atoms with van der Waals surface area (Å²) in [5.41, 5.74) is -1.12. The van der Waals surface area contributed by atoms with Gasteiger partial charge in [0.25, 0.3) is 5.91 Å². The van der Waals surface area contributed by atoms with E-state index in [4.69, 9.17) is 0 Å². The second kappa shape index (κ2) is 13.9. The summed E-state index contributed by atoms with van der Waals surface area (Å²) in [4.78, 5) is 68.6. The number of ketones is 1. The molecule has 0 aromatic carbocycles. The number of hydrogen-bond donors (Lipinski definition) is 3. The van der Waals surface area contributed by atoms with Crippen LogP contribution in [0.25, 0.3) is 0 Å². The Labute approximate surface area is 227 Å². The highest BCUT2D eigenvalue weighted by atomic mass is 16.2. The SMILES string of the molecule is CCCCC(NC(=O)C1(NC(=O)N2CCN(C(=O)C(C)C)CC2)CCCCC1)C(=O)C(=O)NC1CCCC1. The number of piperazine rings is 1. The molecule has 3 rings (SSSR count). The molecule has 3 N–H and O–H groups in total. The van der Waals surface area contributed by atoms with Crippen LogP contribution in [0.1, 0.15) is 97.8 Å². The van der Waals surface area contributed by atoms with Gasteiger partial charge in [-0.25, -0.2) is 4.79 Å². The zero-order chi connectivity index (χ0) is 27.7. The van der Waals surface area contributed by atoms with Crippen molar-refractivity contribution in [3.8, 4) is 0 Å². The number of amides is 5. The molecule has 3 aliphatic rings. The molecule has 10 heteroatoms. The summed E-state index contributed by atoms with van der Waals surface area (Å²) in [7, 11) is 0. The number of carbonyl (C=O) groups is 5. The van der Waals surface area contributed by atoms with E-state index >= 15 is 0 Å². The van der Waals surface area contributed by atoms with Crippen molar-refractivity contribution in [1.82, 2.24) is 25.8 Å². The fraction of sp³-hybridized carbons (Fsp3) is 0.821. The van der Waals surface area contributed by atoms with Gasteiger partial charge in [0, 0.05) is 38.1 Å². The van der Waals surface area contributed by atoms with E-state index in [1.807, 2.05) is 20.8 Å². The van der Waals surface area contributed by atoms with Gasteiger partial charge in [-0.3, -0.25) is 19.2 Å². The molecule has 2 saturated carbocycles. The van der Waals surface area contributed by atoms with Crippen LogP contribution < -0.4 is 16.0 Å². The minimum Gasteiger partial charge on any atom is -0.347 e. The lowest BCUT2D eigenvalue weighted by molar-refractivity contribution is -0.141. The third-order valence-electron chi connectivity index (χ3n) is 8.24. The molecule has 0 bridgehead atoms. The Hall–Kier alpha value is -2.65. The molecule has 0 spiro atoms. The molecule has 1 saturated heterocycles. The lowest BCUT2D eigenvalue weighted by Crippen LogP contribution is -2.65. The van der Waals surface area contributed by atoms with Gasteiger partial charge in [0.05, 0.1) is 6.04 Å². The van der Waals surface area contributed by atoms with Gasteiger partial charge in [0.15, 0.2) is 0 Å². The smallest absolute Gasteiger partial charge is 0.318 e. The van der Waals surface area contributed by atoms with Crippen LogP contribution >= 0.6 is 0 Å². The van der Waals surface area contributed by atoms with E-state index in [-0.39, 0.29) is 29.8 Å². The summed E-state index contributed by atoms with van der Waals surface area (Å²) in [5, 5.41) is 8.74. The predicted molar refractivity (Wildman–Crippen MR) is 144 cm³/mol. The van der Waals surface area contributed by atoms with Gasteiger partial charge in [0.2, 0.25) is 17.6 Å². The molecule has 0 radical (unpaired) electrons. The zero-order valence-corrected chi connectivity index (χ0v) is 23.5. The summed E-state index contributed by atoms with van der Waals surface area (Å²) in [6.07, 6.45) is 9.28. The molecular formula is C28H47N5O5. The van der Waals surface area contributed by atoms with Gasteiger partial charge in [-0.2, -0.15) is 0 Å². The normalized spacial score (nSPS) is 20.6. The third-order valence-corrected chi connectivity index (χ3v) is 8.24. The Morgan fingerprint density at radius 1 is 0.868 bits per heavy atom. The van der Waals surface area contributed by atoms with E-state index in [0.717, 1.165) is 51.4 Å². The van der Waals surface area contributed by atoms with Gasteiger partial charge in [0.1, 0.15) is 5.54 Å². The molecule has 38 heavy (non-hydrogen) atoms. The van der Waals surface area contributed by atoms with Gasteiger partial charge >= 0.3 is 6.03 Å². The first-order chi connectivity index (χ1) is 18.2. The summed E-state index contributed by atoms with van der Waals surface area (Å²) >= 11 is 0. The molecule has 1 heterocycles. The van der Waals surface area contributed by atoms with Crippen LogP contribution in [0.3, 0.4) is 0 Å². The second-order valence-electron chi connectivity index (χ2n) is 11.5. The first kappa shape index (κ1) is 29.9. The largest absolute Gasteiger partial charge is 0.347 e. The fourth-order valence-corrected chi connectivity index (χ4v) is 5.80. The van der Waals surface area contributed by atoms with Crippen LogP contribution in [0.15, 0.2) is 0 Å². The van der Waals surface area contributed by atoms with Crippen LogP contribution in [-0.4, -0.2) is 83.1 Å². The maximum atomic E-state index is 13.7. The van der Waals surface area contributed by atoms with Crippen molar-refractivity contribution in [3.63, 3.8) is 0 Å². The molecule has 1 aliphatic heterocycles. The molecule has 0 aromatic rings. The summed E-state index contributed by atoms with van der Waals surface area (Å²) in [6, 6.07) is -1.21. The molecule has 1 unspecified atom stereocenters. The Bertz CT molecular complexity index is 856. The number of rotatable bonds is 10. The first-order valence-corrected chi connectivity index (χ1v) is 14.7. The van der Waals surface area contributed by atoms with Crippen molar-refractivity contribution >= 4 is 29.5 Å². The number of Topliss-reactive ketones (excluding diaryl/α,β-unsaturated/α-hetero) is 1. The van der Waals surface area contributed by atoms with E-state index in [1.165, 1.54) is 0 Å². The number of urea groups is 1. The molecular weight excluding hydrogens is 486 g/mol. The second-order valence-corrected chi connectivity index (χ2v) is 11.5. The van der Waals surface area contributed by atoms with Crippen molar-refractivity contribution in [3.05, 3.63) is 0 Å². The molecule has 1 atom stereocenters. The van der Waals surface area contributed by atoms with Crippen LogP contribution in [0.2, 0.25) is 0 Å². The van der Waals surface area contributed by atoms with E-state index in [0.29, 0.717) is 51.9 Å². The predicted octanol–water partition coefficient (Wildman–Crippen LogP) is 2.50. The van der Waals surface area contributed by atoms with Crippen LogP contribution in [0.4, 0.5) is 4.79 Å². The molecule has 2 aliphatic carbocycles. The number of nitrogens with zero attached hydrogens (tertiary/aromatic N) is 2. The number of carbonyl (C=O) groups excluding carboxylic acids is 5. The van der Waals surface area contributed by atoms with Crippen LogP contribution in [-0.2, 0) is 19.2 Å². The molecule has 214 valence electrons. The topological polar surface area (TPSA) is 128 Å². The lowest BCUT2D eigenvalue weighted by Gasteiger charge is -2.41. The van der Waals surface area contributed by atoms with E-state index in [9.17, 15) is 24.0 Å². The third kappa shape index (κ3) is 7.69. The van der Waals surface area contributed by atoms with Crippen LogP contribution in [0, 0.1) is 5.92 Å². The Kier molecular flexibility index (Phi) is 11.0. The zero-order valence-electron chi connectivity index (χ0n) is 23.5. The van der Waals surface area contributed by atoms with Crippen molar-refractivity contribution < 1.29 is 24.0 Å². The van der Waals surface area contributed by atoms with E-state index < -0.39 is 23.3 Å².